The Balaban J connectivity index is 0.000000250. The van der Waals surface area contributed by atoms with Crippen LogP contribution in [0.4, 0.5) is 0 Å². The Hall–Kier alpha value is -5.26. The van der Waals surface area contributed by atoms with Gasteiger partial charge in [-0.25, -0.2) is 0 Å². The molecule has 0 saturated carbocycles. The van der Waals surface area contributed by atoms with Crippen molar-refractivity contribution in [1.29, 1.82) is 0 Å². The SMILES string of the molecule is C[C@H](NC(=O)c1cc(-c2ccc(C(C)(C)C)cc2)no1)C(=O)O.C[C@H](NC(=O)c1conc1-c1ccc(C(C)(C)C)cc1)C(=O)O. The second kappa shape index (κ2) is 14.2. The van der Waals surface area contributed by atoms with Gasteiger partial charge in [0, 0.05) is 17.2 Å². The molecule has 46 heavy (non-hydrogen) atoms. The van der Waals surface area contributed by atoms with E-state index in [1.807, 2.05) is 48.5 Å². The van der Waals surface area contributed by atoms with Gasteiger partial charge in [-0.1, -0.05) is 100 Å². The van der Waals surface area contributed by atoms with E-state index in [1.54, 1.807) is 0 Å². The lowest BCUT2D eigenvalue weighted by atomic mass is 9.86. The summed E-state index contributed by atoms with van der Waals surface area (Å²) in [6.07, 6.45) is 1.22. The highest BCUT2D eigenvalue weighted by atomic mass is 16.5. The number of carbonyl (C=O) groups excluding carboxylic acids is 2. The molecule has 0 bridgehead atoms. The number of carboxylic acid groups (broad SMARTS) is 2. The van der Waals surface area contributed by atoms with E-state index in [4.69, 9.17) is 19.3 Å². The first-order valence-corrected chi connectivity index (χ1v) is 14.6. The summed E-state index contributed by atoms with van der Waals surface area (Å²) in [4.78, 5) is 45.6. The van der Waals surface area contributed by atoms with Crippen molar-refractivity contribution in [3.63, 3.8) is 0 Å². The largest absolute Gasteiger partial charge is 0.480 e. The molecule has 2 amide bonds. The first kappa shape index (κ1) is 35.2. The number of aromatic nitrogens is 2. The maximum Gasteiger partial charge on any atom is 0.325 e. The molecule has 2 aromatic heterocycles. The molecule has 4 N–H and O–H groups in total. The molecule has 0 aliphatic heterocycles. The van der Waals surface area contributed by atoms with E-state index in [-0.39, 0.29) is 22.2 Å². The van der Waals surface area contributed by atoms with Crippen molar-refractivity contribution < 1.29 is 38.4 Å². The van der Waals surface area contributed by atoms with Crippen LogP contribution in [0, 0.1) is 0 Å². The number of amides is 2. The van der Waals surface area contributed by atoms with E-state index in [1.165, 1.54) is 31.7 Å². The van der Waals surface area contributed by atoms with Crippen molar-refractivity contribution in [2.24, 2.45) is 0 Å². The predicted octanol–water partition coefficient (Wildman–Crippen LogP) is 5.68. The van der Waals surface area contributed by atoms with Crippen molar-refractivity contribution in [2.75, 3.05) is 0 Å². The minimum absolute atomic E-state index is 0.0204. The lowest BCUT2D eigenvalue weighted by molar-refractivity contribution is -0.139. The third-order valence-electron chi connectivity index (χ3n) is 7.06. The number of nitrogens with zero attached hydrogens (tertiary/aromatic N) is 2. The number of carboxylic acids is 2. The van der Waals surface area contributed by atoms with Gasteiger partial charge in [0.05, 0.1) is 0 Å². The summed E-state index contributed by atoms with van der Waals surface area (Å²) in [5.74, 6) is -3.38. The Morgan fingerprint density at radius 1 is 0.696 bits per heavy atom. The monoisotopic (exact) mass is 632 g/mol. The van der Waals surface area contributed by atoms with Gasteiger partial charge in [0.2, 0.25) is 5.76 Å². The topological polar surface area (TPSA) is 185 Å². The van der Waals surface area contributed by atoms with Crippen LogP contribution in [0.15, 0.2) is 69.9 Å². The lowest BCUT2D eigenvalue weighted by Crippen LogP contribution is -2.38. The third-order valence-corrected chi connectivity index (χ3v) is 7.06. The van der Waals surface area contributed by atoms with Gasteiger partial charge in [-0.2, -0.15) is 0 Å². The Morgan fingerprint density at radius 3 is 1.61 bits per heavy atom. The molecule has 0 unspecified atom stereocenters. The van der Waals surface area contributed by atoms with E-state index in [2.05, 4.69) is 62.5 Å². The summed E-state index contributed by atoms with van der Waals surface area (Å²) in [6.45, 7) is 15.5. The second-order valence-electron chi connectivity index (χ2n) is 12.9. The quantitative estimate of drug-likeness (QED) is 0.188. The number of hydrogen-bond donors (Lipinski definition) is 4. The third kappa shape index (κ3) is 9.13. The van der Waals surface area contributed by atoms with Crippen molar-refractivity contribution in [3.05, 3.63) is 83.3 Å². The Bertz CT molecular complexity index is 1670. The van der Waals surface area contributed by atoms with Crippen LogP contribution in [0.5, 0.6) is 0 Å². The molecule has 0 radical (unpaired) electrons. The normalized spacial score (nSPS) is 12.7. The predicted molar refractivity (Wildman–Crippen MR) is 170 cm³/mol. The summed E-state index contributed by atoms with van der Waals surface area (Å²) in [5, 5.41) is 30.1. The molecule has 0 saturated heterocycles. The molecule has 12 heteroatoms. The smallest absolute Gasteiger partial charge is 0.325 e. The summed E-state index contributed by atoms with van der Waals surface area (Å²) in [6, 6.07) is 15.1. The van der Waals surface area contributed by atoms with E-state index in [9.17, 15) is 19.2 Å². The molecule has 4 aromatic rings. The van der Waals surface area contributed by atoms with Gasteiger partial charge < -0.3 is 29.9 Å². The Kier molecular flexibility index (Phi) is 10.9. The minimum atomic E-state index is -1.11. The van der Waals surface area contributed by atoms with Gasteiger partial charge in [0.25, 0.3) is 11.8 Å². The highest BCUT2D eigenvalue weighted by molar-refractivity contribution is 6.01. The molecule has 4 rings (SSSR count). The van der Waals surface area contributed by atoms with Gasteiger partial charge in [-0.05, 0) is 35.8 Å². The van der Waals surface area contributed by atoms with Crippen molar-refractivity contribution in [3.8, 4) is 22.5 Å². The summed E-state index contributed by atoms with van der Waals surface area (Å²) >= 11 is 0. The summed E-state index contributed by atoms with van der Waals surface area (Å²) in [5.41, 5.74) is 5.13. The molecule has 12 nitrogen and oxygen atoms in total. The zero-order valence-electron chi connectivity index (χ0n) is 27.2. The zero-order valence-corrected chi connectivity index (χ0v) is 27.2. The molecule has 0 aliphatic rings. The van der Waals surface area contributed by atoms with Crippen molar-refractivity contribution in [2.45, 2.75) is 78.3 Å². The van der Waals surface area contributed by atoms with Crippen molar-refractivity contribution in [1.82, 2.24) is 20.9 Å². The molecule has 2 heterocycles. The van der Waals surface area contributed by atoms with Crippen LogP contribution in [0.1, 0.15) is 87.4 Å². The van der Waals surface area contributed by atoms with E-state index in [0.717, 1.165) is 16.7 Å². The number of rotatable bonds is 8. The van der Waals surface area contributed by atoms with Gasteiger partial charge in [-0.15, -0.1) is 0 Å². The van der Waals surface area contributed by atoms with Crippen LogP contribution in [0.2, 0.25) is 0 Å². The Morgan fingerprint density at radius 2 is 1.15 bits per heavy atom. The molecule has 0 spiro atoms. The fraction of sp³-hybridized carbons (Fsp3) is 0.353. The number of benzene rings is 2. The molecule has 0 fully saturated rings. The minimum Gasteiger partial charge on any atom is -0.480 e. The van der Waals surface area contributed by atoms with Gasteiger partial charge >= 0.3 is 11.9 Å². The van der Waals surface area contributed by atoms with Gasteiger partial charge in [-0.3, -0.25) is 19.2 Å². The first-order chi connectivity index (χ1) is 21.4. The molecular formula is C34H40N4O8. The standard InChI is InChI=1S/2C17H20N2O4/c1-10(16(21)22)18-15(20)13-9-23-19-14(13)11-5-7-12(8-6-11)17(2,3)4;1-10(16(21)22)18-15(20)14-9-13(19-23-14)11-5-7-12(8-6-11)17(2,3)4/h2*5-10H,1-4H3,(H,18,20)(H,21,22)/t2*10-/m00/s1. The van der Waals surface area contributed by atoms with E-state index in [0.29, 0.717) is 11.4 Å². The van der Waals surface area contributed by atoms with E-state index < -0.39 is 35.8 Å². The summed E-state index contributed by atoms with van der Waals surface area (Å²) < 4.78 is 9.91. The molecule has 244 valence electrons. The van der Waals surface area contributed by atoms with Crippen LogP contribution in [0.25, 0.3) is 22.5 Å². The van der Waals surface area contributed by atoms with Crippen LogP contribution < -0.4 is 10.6 Å². The maximum absolute atomic E-state index is 12.2. The van der Waals surface area contributed by atoms with Crippen molar-refractivity contribution >= 4 is 23.8 Å². The number of nitrogens with one attached hydrogen (secondary N) is 2. The lowest BCUT2D eigenvalue weighted by Gasteiger charge is -2.19. The molecule has 2 atom stereocenters. The van der Waals surface area contributed by atoms with Gasteiger partial charge in [0.1, 0.15) is 35.3 Å². The number of carbonyl (C=O) groups is 4. The number of hydrogen-bond acceptors (Lipinski definition) is 8. The highest BCUT2D eigenvalue weighted by Crippen LogP contribution is 2.28. The fourth-order valence-corrected chi connectivity index (χ4v) is 4.06. The average Bonchev–Trinajstić information content (AvgIpc) is 3.67. The second-order valence-corrected chi connectivity index (χ2v) is 12.9. The summed E-state index contributed by atoms with van der Waals surface area (Å²) in [7, 11) is 0. The van der Waals surface area contributed by atoms with Gasteiger partial charge in [0.15, 0.2) is 0 Å². The van der Waals surface area contributed by atoms with Crippen LogP contribution in [-0.2, 0) is 20.4 Å². The van der Waals surface area contributed by atoms with E-state index >= 15 is 0 Å². The maximum atomic E-state index is 12.2. The number of aliphatic carboxylic acids is 2. The Labute approximate surface area is 267 Å². The molecular weight excluding hydrogens is 592 g/mol. The molecule has 2 aromatic carbocycles. The van der Waals surface area contributed by atoms with Crippen LogP contribution in [0.3, 0.4) is 0 Å². The average molecular weight is 633 g/mol. The zero-order chi connectivity index (χ0) is 34.4. The molecule has 0 aliphatic carbocycles. The van der Waals surface area contributed by atoms with Crippen LogP contribution in [-0.4, -0.2) is 56.4 Å². The fourth-order valence-electron chi connectivity index (χ4n) is 4.06. The highest BCUT2D eigenvalue weighted by Gasteiger charge is 2.23. The van der Waals surface area contributed by atoms with Crippen LogP contribution >= 0.6 is 0 Å². The first-order valence-electron chi connectivity index (χ1n) is 14.6.